The second kappa shape index (κ2) is 3.98. The van der Waals surface area contributed by atoms with Gasteiger partial charge >= 0.3 is 0 Å². The summed E-state index contributed by atoms with van der Waals surface area (Å²) < 4.78 is 0.860. The molecule has 4 heteroatoms. The summed E-state index contributed by atoms with van der Waals surface area (Å²) in [5.41, 5.74) is 0.701. The van der Waals surface area contributed by atoms with E-state index in [1.807, 2.05) is 6.07 Å². The lowest BCUT2D eigenvalue weighted by Gasteiger charge is -1.95. The van der Waals surface area contributed by atoms with Crippen molar-refractivity contribution in [2.24, 2.45) is 4.99 Å². The van der Waals surface area contributed by atoms with E-state index in [0.717, 1.165) is 4.47 Å². The molecule has 1 aromatic rings. The van der Waals surface area contributed by atoms with E-state index in [-0.39, 0.29) is 0 Å². The fraction of sp³-hybridized carbons (Fsp3) is 0. The highest BCUT2D eigenvalue weighted by Crippen LogP contribution is 2.27. The number of thiocarbonyl (C=S) groups is 1. The minimum Gasteiger partial charge on any atom is -0.193 e. The number of hydrogen-bond donors (Lipinski definition) is 0. The highest BCUT2D eigenvalue weighted by Gasteiger charge is 1.96. The highest BCUT2D eigenvalue weighted by atomic mass is 79.9. The Labute approximate surface area is 83.2 Å². The molecule has 0 radical (unpaired) electrons. The maximum Gasteiger partial charge on any atom is 0.0896 e. The van der Waals surface area contributed by atoms with Crippen LogP contribution in [0.25, 0.3) is 0 Å². The Morgan fingerprint density at radius 1 is 1.55 bits per heavy atom. The highest BCUT2D eigenvalue weighted by molar-refractivity contribution is 9.10. The van der Waals surface area contributed by atoms with Gasteiger partial charge in [-0.05, 0) is 46.3 Å². The van der Waals surface area contributed by atoms with Crippen LogP contribution in [0.2, 0.25) is 5.02 Å². The number of rotatable bonds is 1. The molecule has 0 spiro atoms. The quantitative estimate of drug-likeness (QED) is 0.543. The molecule has 0 aliphatic rings. The molecule has 0 unspecified atom stereocenters. The number of halogens is 2. The van der Waals surface area contributed by atoms with Crippen molar-refractivity contribution in [3.05, 3.63) is 27.7 Å². The first-order valence-corrected chi connectivity index (χ1v) is 4.35. The Hall–Kier alpha value is -0.210. The normalized spacial score (nSPS) is 8.91. The average molecular weight is 249 g/mol. The topological polar surface area (TPSA) is 12.4 Å². The Morgan fingerprint density at radius 2 is 2.27 bits per heavy atom. The van der Waals surface area contributed by atoms with Crippen molar-refractivity contribution in [3.8, 4) is 0 Å². The third kappa shape index (κ3) is 2.38. The zero-order chi connectivity index (χ0) is 8.27. The summed E-state index contributed by atoms with van der Waals surface area (Å²) in [6, 6.07) is 5.30. The molecule has 11 heavy (non-hydrogen) atoms. The van der Waals surface area contributed by atoms with E-state index in [1.165, 1.54) is 0 Å². The van der Waals surface area contributed by atoms with Gasteiger partial charge in [-0.2, -0.15) is 4.99 Å². The minimum atomic E-state index is 0.636. The van der Waals surface area contributed by atoms with E-state index >= 15 is 0 Å². The molecule has 0 aliphatic heterocycles. The lowest BCUT2D eigenvalue weighted by molar-refractivity contribution is 1.51. The van der Waals surface area contributed by atoms with Crippen molar-refractivity contribution in [3.63, 3.8) is 0 Å². The zero-order valence-corrected chi connectivity index (χ0v) is 8.50. The van der Waals surface area contributed by atoms with Crippen LogP contribution < -0.4 is 0 Å². The van der Waals surface area contributed by atoms with Crippen LogP contribution in [0.1, 0.15) is 0 Å². The summed E-state index contributed by atoms with van der Waals surface area (Å²) in [4.78, 5) is 3.80. The number of isothiocyanates is 1. The standard InChI is InChI=1S/C7H3BrClNS/c8-6-2-1-5(9)3-7(6)10-4-11/h1-3H. The van der Waals surface area contributed by atoms with Crippen LogP contribution in [0.4, 0.5) is 5.69 Å². The maximum atomic E-state index is 5.71. The second-order valence-corrected chi connectivity index (χ2v) is 3.27. The number of hydrogen-bond acceptors (Lipinski definition) is 2. The van der Waals surface area contributed by atoms with Gasteiger partial charge in [-0.25, -0.2) is 0 Å². The second-order valence-electron chi connectivity index (χ2n) is 1.80. The summed E-state index contributed by atoms with van der Waals surface area (Å²) in [6.45, 7) is 0. The van der Waals surface area contributed by atoms with Crippen LogP contribution in [0.3, 0.4) is 0 Å². The van der Waals surface area contributed by atoms with Gasteiger partial charge in [0.15, 0.2) is 0 Å². The van der Waals surface area contributed by atoms with E-state index in [0.29, 0.717) is 10.7 Å². The first-order chi connectivity index (χ1) is 5.24. The number of benzene rings is 1. The largest absolute Gasteiger partial charge is 0.193 e. The maximum absolute atomic E-state index is 5.71. The van der Waals surface area contributed by atoms with Crippen molar-refractivity contribution >= 4 is 50.6 Å². The summed E-state index contributed by atoms with van der Waals surface area (Å²) in [5, 5.41) is 2.91. The van der Waals surface area contributed by atoms with Gasteiger partial charge in [0, 0.05) is 9.50 Å². The fourth-order valence-electron chi connectivity index (χ4n) is 0.621. The molecule has 0 aliphatic carbocycles. The molecule has 0 N–H and O–H groups in total. The van der Waals surface area contributed by atoms with Gasteiger partial charge in [-0.15, -0.1) is 0 Å². The average Bonchev–Trinajstić information content (AvgIpc) is 1.98. The van der Waals surface area contributed by atoms with Crippen molar-refractivity contribution in [2.75, 3.05) is 0 Å². The van der Waals surface area contributed by atoms with Crippen LogP contribution >= 0.6 is 39.7 Å². The van der Waals surface area contributed by atoms with E-state index in [4.69, 9.17) is 11.6 Å². The molecule has 0 atom stereocenters. The Bertz CT molecular complexity index is 320. The van der Waals surface area contributed by atoms with Crippen LogP contribution in [0, 0.1) is 0 Å². The van der Waals surface area contributed by atoms with E-state index in [1.54, 1.807) is 12.1 Å². The minimum absolute atomic E-state index is 0.636. The molecule has 56 valence electrons. The van der Waals surface area contributed by atoms with Crippen LogP contribution in [0.5, 0.6) is 0 Å². The third-order valence-electron chi connectivity index (χ3n) is 1.07. The SMILES string of the molecule is S=C=Nc1cc(Cl)ccc1Br. The van der Waals surface area contributed by atoms with Crippen molar-refractivity contribution < 1.29 is 0 Å². The number of aliphatic imine (C=N–C) groups is 1. The van der Waals surface area contributed by atoms with Crippen molar-refractivity contribution in [1.29, 1.82) is 0 Å². The van der Waals surface area contributed by atoms with Crippen LogP contribution in [-0.4, -0.2) is 5.16 Å². The summed E-state index contributed by atoms with van der Waals surface area (Å²) in [7, 11) is 0. The van der Waals surface area contributed by atoms with E-state index in [2.05, 4.69) is 38.3 Å². The molecule has 0 aromatic heterocycles. The van der Waals surface area contributed by atoms with Gasteiger partial charge in [0.1, 0.15) is 0 Å². The lowest BCUT2D eigenvalue weighted by Crippen LogP contribution is -1.67. The van der Waals surface area contributed by atoms with Gasteiger partial charge in [0.25, 0.3) is 0 Å². The first kappa shape index (κ1) is 8.88. The smallest absolute Gasteiger partial charge is 0.0896 e. The van der Waals surface area contributed by atoms with E-state index in [9.17, 15) is 0 Å². The molecule has 0 amide bonds. The van der Waals surface area contributed by atoms with Crippen molar-refractivity contribution in [1.82, 2.24) is 0 Å². The van der Waals surface area contributed by atoms with Crippen molar-refractivity contribution in [2.45, 2.75) is 0 Å². The molecule has 0 saturated heterocycles. The molecular weight excluding hydrogens is 246 g/mol. The summed E-state index contributed by atoms with van der Waals surface area (Å²) >= 11 is 13.5. The lowest BCUT2D eigenvalue weighted by atomic mass is 10.3. The van der Waals surface area contributed by atoms with Crippen LogP contribution in [-0.2, 0) is 0 Å². The molecular formula is C7H3BrClNS. The Morgan fingerprint density at radius 3 is 2.91 bits per heavy atom. The Kier molecular flexibility index (Phi) is 3.21. The number of nitrogens with zero attached hydrogens (tertiary/aromatic N) is 1. The van der Waals surface area contributed by atoms with Gasteiger partial charge in [-0.3, -0.25) is 0 Å². The molecule has 0 fully saturated rings. The van der Waals surface area contributed by atoms with Gasteiger partial charge in [0.05, 0.1) is 10.8 Å². The summed E-state index contributed by atoms with van der Waals surface area (Å²) in [5.74, 6) is 0. The van der Waals surface area contributed by atoms with Gasteiger partial charge in [-0.1, -0.05) is 11.6 Å². The molecule has 1 nitrogen and oxygen atoms in total. The predicted molar refractivity (Wildman–Crippen MR) is 53.8 cm³/mol. The monoisotopic (exact) mass is 247 g/mol. The van der Waals surface area contributed by atoms with Gasteiger partial charge in [0.2, 0.25) is 0 Å². The first-order valence-electron chi connectivity index (χ1n) is 2.77. The summed E-state index contributed by atoms with van der Waals surface area (Å²) in [6.07, 6.45) is 0. The van der Waals surface area contributed by atoms with E-state index < -0.39 is 0 Å². The Balaban J connectivity index is 3.22. The van der Waals surface area contributed by atoms with Gasteiger partial charge < -0.3 is 0 Å². The molecule has 0 saturated carbocycles. The zero-order valence-electron chi connectivity index (χ0n) is 5.34. The predicted octanol–water partition coefficient (Wildman–Crippen LogP) is 3.84. The molecule has 1 aromatic carbocycles. The molecule has 1 rings (SSSR count). The third-order valence-corrected chi connectivity index (χ3v) is 2.07. The van der Waals surface area contributed by atoms with Crippen LogP contribution in [0.15, 0.2) is 27.7 Å². The fourth-order valence-corrected chi connectivity index (χ4v) is 1.22. The molecule has 0 heterocycles. The molecule has 0 bridgehead atoms.